The van der Waals surface area contributed by atoms with Crippen molar-refractivity contribution in [3.8, 4) is 0 Å². The number of aliphatic imine (C=N–C) groups is 1. The summed E-state index contributed by atoms with van der Waals surface area (Å²) >= 11 is 8.23. The van der Waals surface area contributed by atoms with Crippen LogP contribution in [0.2, 0.25) is 5.02 Å². The van der Waals surface area contributed by atoms with Gasteiger partial charge in [-0.05, 0) is 53.8 Å². The smallest absolute Gasteiger partial charge is 0.363 e. The first kappa shape index (κ1) is 13.3. The molecule has 1 aliphatic rings. The molecule has 0 saturated carbocycles. The molecule has 0 aromatic heterocycles. The summed E-state index contributed by atoms with van der Waals surface area (Å²) in [6.45, 7) is 1.86. The van der Waals surface area contributed by atoms with Crippen molar-refractivity contribution in [3.05, 3.63) is 56.3 Å². The topological polar surface area (TPSA) is 38.7 Å². The number of carbonyl (C=O) groups excluding carboxylic acids is 1. The van der Waals surface area contributed by atoms with Crippen molar-refractivity contribution in [3.63, 3.8) is 0 Å². The number of allylic oxidation sites excluding steroid dienone is 3. The van der Waals surface area contributed by atoms with Crippen molar-refractivity contribution in [2.24, 2.45) is 4.99 Å². The molecule has 0 saturated heterocycles. The van der Waals surface area contributed by atoms with E-state index < -0.39 is 5.97 Å². The molecule has 1 aliphatic heterocycles. The fraction of sp³-hybridized carbons (Fsp3) is 0.0769. The summed E-state index contributed by atoms with van der Waals surface area (Å²) in [5.74, 6) is -0.211. The van der Waals surface area contributed by atoms with E-state index in [0.717, 1.165) is 3.57 Å². The third-order valence-electron chi connectivity index (χ3n) is 2.23. The van der Waals surface area contributed by atoms with E-state index in [1.807, 2.05) is 25.1 Å². The average molecular weight is 374 g/mol. The number of halogens is 2. The van der Waals surface area contributed by atoms with Crippen LogP contribution in [0.5, 0.6) is 0 Å². The van der Waals surface area contributed by atoms with Gasteiger partial charge in [0.05, 0.1) is 10.6 Å². The summed E-state index contributed by atoms with van der Waals surface area (Å²) < 4.78 is 6.11. The first-order valence-corrected chi connectivity index (χ1v) is 6.66. The number of esters is 1. The Kier molecular flexibility index (Phi) is 4.19. The van der Waals surface area contributed by atoms with Crippen molar-refractivity contribution < 1.29 is 9.53 Å². The SMILES string of the molecule is C/C=C/C=C1\N=C(c2cc(I)ccc2Cl)OC1=O. The van der Waals surface area contributed by atoms with Crippen LogP contribution in [0.3, 0.4) is 0 Å². The summed E-state index contributed by atoms with van der Waals surface area (Å²) in [6.07, 6.45) is 5.16. The second kappa shape index (κ2) is 5.67. The lowest BCUT2D eigenvalue weighted by Gasteiger charge is -2.02. The molecule has 0 radical (unpaired) electrons. The molecule has 0 aliphatic carbocycles. The van der Waals surface area contributed by atoms with Gasteiger partial charge in [-0.2, -0.15) is 0 Å². The van der Waals surface area contributed by atoms with E-state index >= 15 is 0 Å². The van der Waals surface area contributed by atoms with Crippen molar-refractivity contribution in [2.45, 2.75) is 6.92 Å². The highest BCUT2D eigenvalue weighted by Gasteiger charge is 2.25. The van der Waals surface area contributed by atoms with Crippen LogP contribution in [-0.4, -0.2) is 11.9 Å². The van der Waals surface area contributed by atoms with Gasteiger partial charge >= 0.3 is 5.97 Å². The van der Waals surface area contributed by atoms with Crippen LogP contribution in [0.15, 0.2) is 47.1 Å². The zero-order chi connectivity index (χ0) is 13.1. The standard InChI is InChI=1S/C13H9ClINO2/c1-2-3-4-11-13(17)18-12(16-11)9-7-8(15)5-6-10(9)14/h2-7H,1H3/b3-2+,11-4-. The Labute approximate surface area is 123 Å². The Bertz CT molecular complexity index is 591. The zero-order valence-corrected chi connectivity index (χ0v) is 12.4. The minimum atomic E-state index is -0.460. The predicted octanol–water partition coefficient (Wildman–Crippen LogP) is 3.71. The lowest BCUT2D eigenvalue weighted by molar-refractivity contribution is -0.130. The van der Waals surface area contributed by atoms with Crippen LogP contribution in [0.1, 0.15) is 12.5 Å². The number of hydrogen-bond donors (Lipinski definition) is 0. The second-order valence-corrected chi connectivity index (χ2v) is 5.16. The van der Waals surface area contributed by atoms with Crippen LogP contribution in [0, 0.1) is 3.57 Å². The summed E-state index contributed by atoms with van der Waals surface area (Å²) in [5, 5.41) is 0.509. The van der Waals surface area contributed by atoms with Gasteiger partial charge in [0.2, 0.25) is 5.90 Å². The minimum absolute atomic E-state index is 0.249. The molecule has 5 heteroatoms. The van der Waals surface area contributed by atoms with E-state index in [-0.39, 0.29) is 11.6 Å². The maximum atomic E-state index is 11.6. The molecule has 0 spiro atoms. The van der Waals surface area contributed by atoms with Crippen LogP contribution in [0.25, 0.3) is 0 Å². The Morgan fingerprint density at radius 3 is 2.94 bits per heavy atom. The summed E-state index contributed by atoms with van der Waals surface area (Å²) in [7, 11) is 0. The van der Waals surface area contributed by atoms with Crippen molar-refractivity contribution in [1.29, 1.82) is 0 Å². The van der Waals surface area contributed by atoms with E-state index in [4.69, 9.17) is 16.3 Å². The van der Waals surface area contributed by atoms with Gasteiger partial charge in [0.15, 0.2) is 5.70 Å². The van der Waals surface area contributed by atoms with Crippen molar-refractivity contribution in [1.82, 2.24) is 0 Å². The summed E-state index contributed by atoms with van der Waals surface area (Å²) in [4.78, 5) is 15.7. The Morgan fingerprint density at radius 2 is 2.22 bits per heavy atom. The highest BCUT2D eigenvalue weighted by Crippen LogP contribution is 2.24. The molecule has 18 heavy (non-hydrogen) atoms. The number of carbonyl (C=O) groups is 1. The molecule has 1 aromatic rings. The fourth-order valence-corrected chi connectivity index (χ4v) is 2.08. The van der Waals surface area contributed by atoms with Gasteiger partial charge in [-0.25, -0.2) is 9.79 Å². The molecule has 0 amide bonds. The van der Waals surface area contributed by atoms with Gasteiger partial charge in [0, 0.05) is 3.57 Å². The van der Waals surface area contributed by atoms with Crippen LogP contribution in [0.4, 0.5) is 0 Å². The third-order valence-corrected chi connectivity index (χ3v) is 3.23. The molecule has 0 unspecified atom stereocenters. The van der Waals surface area contributed by atoms with Gasteiger partial charge in [-0.1, -0.05) is 23.8 Å². The minimum Gasteiger partial charge on any atom is -0.402 e. The first-order valence-electron chi connectivity index (χ1n) is 5.21. The molecule has 2 rings (SSSR count). The quantitative estimate of drug-likeness (QED) is 0.450. The molecule has 92 valence electrons. The molecule has 0 fully saturated rings. The highest BCUT2D eigenvalue weighted by atomic mass is 127. The Hall–Kier alpha value is -1.14. The van der Waals surface area contributed by atoms with E-state index in [1.54, 1.807) is 18.2 Å². The zero-order valence-electron chi connectivity index (χ0n) is 9.48. The van der Waals surface area contributed by atoms with Gasteiger partial charge in [-0.15, -0.1) is 0 Å². The van der Waals surface area contributed by atoms with Crippen molar-refractivity contribution >= 4 is 46.1 Å². The molecule has 3 nitrogen and oxygen atoms in total. The van der Waals surface area contributed by atoms with E-state index in [0.29, 0.717) is 10.6 Å². The monoisotopic (exact) mass is 373 g/mol. The van der Waals surface area contributed by atoms with Crippen LogP contribution in [-0.2, 0) is 9.53 Å². The van der Waals surface area contributed by atoms with Gasteiger partial charge in [-0.3, -0.25) is 0 Å². The third kappa shape index (κ3) is 2.81. The molecule has 1 aromatic carbocycles. The van der Waals surface area contributed by atoms with Gasteiger partial charge in [0.1, 0.15) is 0 Å². The molecular weight excluding hydrogens is 365 g/mol. The Balaban J connectivity index is 2.41. The first-order chi connectivity index (χ1) is 8.61. The normalized spacial score (nSPS) is 17.4. The number of cyclic esters (lactones) is 1. The highest BCUT2D eigenvalue weighted by molar-refractivity contribution is 14.1. The van der Waals surface area contributed by atoms with Gasteiger partial charge in [0.25, 0.3) is 0 Å². The van der Waals surface area contributed by atoms with E-state index in [2.05, 4.69) is 27.6 Å². The fourth-order valence-electron chi connectivity index (χ4n) is 1.39. The number of rotatable bonds is 2. The maximum Gasteiger partial charge on any atom is 0.363 e. The van der Waals surface area contributed by atoms with Gasteiger partial charge < -0.3 is 4.74 Å². The Morgan fingerprint density at radius 1 is 1.44 bits per heavy atom. The summed E-state index contributed by atoms with van der Waals surface area (Å²) in [5.41, 5.74) is 0.902. The second-order valence-electron chi connectivity index (χ2n) is 3.51. The lowest BCUT2D eigenvalue weighted by Crippen LogP contribution is -2.06. The van der Waals surface area contributed by atoms with Crippen LogP contribution >= 0.6 is 34.2 Å². The van der Waals surface area contributed by atoms with E-state index in [1.165, 1.54) is 0 Å². The number of benzene rings is 1. The molecule has 0 N–H and O–H groups in total. The molecular formula is C13H9ClINO2. The lowest BCUT2D eigenvalue weighted by atomic mass is 10.2. The number of nitrogens with zero attached hydrogens (tertiary/aromatic N) is 1. The molecule has 1 heterocycles. The average Bonchev–Trinajstić information content (AvgIpc) is 2.71. The molecule has 0 bridgehead atoms. The maximum absolute atomic E-state index is 11.6. The summed E-state index contributed by atoms with van der Waals surface area (Å²) in [6, 6.07) is 5.45. The van der Waals surface area contributed by atoms with E-state index in [9.17, 15) is 4.79 Å². The predicted molar refractivity (Wildman–Crippen MR) is 79.7 cm³/mol. The number of hydrogen-bond acceptors (Lipinski definition) is 3. The van der Waals surface area contributed by atoms with Crippen molar-refractivity contribution in [2.75, 3.05) is 0 Å². The largest absolute Gasteiger partial charge is 0.402 e. The molecule has 0 atom stereocenters. The number of ether oxygens (including phenoxy) is 1. The van der Waals surface area contributed by atoms with Crippen LogP contribution < -0.4 is 0 Å².